The van der Waals surface area contributed by atoms with Crippen LogP contribution in [0.1, 0.15) is 19.3 Å². The van der Waals surface area contributed by atoms with E-state index in [1.807, 2.05) is 0 Å². The Balaban J connectivity index is 2.27. The van der Waals surface area contributed by atoms with E-state index in [1.54, 1.807) is 12.1 Å². The molecular weight excluding hydrogens is 274 g/mol. The smallest absolute Gasteiger partial charge is 0.242 e. The summed E-state index contributed by atoms with van der Waals surface area (Å²) in [5.74, 6) is 0. The van der Waals surface area contributed by atoms with Crippen LogP contribution < -0.4 is 11.1 Å². The number of benzene rings is 1. The number of hydrogen-bond acceptors (Lipinski definition) is 4. The van der Waals surface area contributed by atoms with Crippen LogP contribution in [0.25, 0.3) is 0 Å². The predicted octanol–water partition coefficient (Wildman–Crippen LogP) is 2.04. The number of nitrogens with two attached hydrogens (primary N) is 1. The first-order valence-corrected chi connectivity index (χ1v) is 8.09. The zero-order valence-corrected chi connectivity index (χ0v) is 12.7. The summed E-state index contributed by atoms with van der Waals surface area (Å²) in [6.45, 7) is 0. The molecule has 0 radical (unpaired) electrons. The number of allylic oxidation sites excluding steroid dienone is 1. The zero-order chi connectivity index (χ0) is 14.8. The quantitative estimate of drug-likeness (QED) is 0.658. The second kappa shape index (κ2) is 5.85. The van der Waals surface area contributed by atoms with E-state index < -0.39 is 10.0 Å². The number of nitrogens with zero attached hydrogens (tertiary/aromatic N) is 1. The van der Waals surface area contributed by atoms with Crippen LogP contribution in [-0.2, 0) is 10.0 Å². The molecule has 5 nitrogen and oxygen atoms in total. The van der Waals surface area contributed by atoms with E-state index in [-0.39, 0.29) is 4.90 Å². The molecule has 1 aliphatic carbocycles. The van der Waals surface area contributed by atoms with E-state index in [0.717, 1.165) is 19.3 Å². The average molecular weight is 295 g/mol. The number of nitrogens with one attached hydrogen (secondary N) is 1. The van der Waals surface area contributed by atoms with Crippen molar-refractivity contribution in [3.8, 4) is 0 Å². The van der Waals surface area contributed by atoms with Crippen LogP contribution in [0.2, 0.25) is 0 Å². The topological polar surface area (TPSA) is 75.4 Å². The monoisotopic (exact) mass is 295 g/mol. The van der Waals surface area contributed by atoms with Crippen molar-refractivity contribution in [3.05, 3.63) is 30.4 Å². The summed E-state index contributed by atoms with van der Waals surface area (Å²) in [5, 5.41) is 3.34. The minimum Gasteiger partial charge on any atom is -0.397 e. The number of sulfonamides is 1. The van der Waals surface area contributed by atoms with Crippen LogP contribution >= 0.6 is 0 Å². The van der Waals surface area contributed by atoms with Crippen molar-refractivity contribution in [2.75, 3.05) is 25.1 Å². The molecule has 0 bridgehead atoms. The summed E-state index contributed by atoms with van der Waals surface area (Å²) in [6.07, 6.45) is 7.30. The normalized spacial score (nSPS) is 19.2. The molecule has 0 amide bonds. The maximum Gasteiger partial charge on any atom is 0.242 e. The molecule has 20 heavy (non-hydrogen) atoms. The van der Waals surface area contributed by atoms with Gasteiger partial charge in [-0.3, -0.25) is 0 Å². The Morgan fingerprint density at radius 1 is 1.30 bits per heavy atom. The molecule has 0 fully saturated rings. The summed E-state index contributed by atoms with van der Waals surface area (Å²) in [6, 6.07) is 5.09. The van der Waals surface area contributed by atoms with Crippen molar-refractivity contribution < 1.29 is 8.42 Å². The van der Waals surface area contributed by atoms with Gasteiger partial charge in [-0.1, -0.05) is 12.2 Å². The molecule has 0 aliphatic heterocycles. The van der Waals surface area contributed by atoms with Crippen LogP contribution in [0.5, 0.6) is 0 Å². The molecule has 1 aliphatic rings. The van der Waals surface area contributed by atoms with E-state index in [2.05, 4.69) is 17.5 Å². The lowest BCUT2D eigenvalue weighted by molar-refractivity contribution is 0.521. The third-order valence-electron chi connectivity index (χ3n) is 3.43. The van der Waals surface area contributed by atoms with E-state index in [9.17, 15) is 8.42 Å². The first kappa shape index (κ1) is 14.9. The largest absolute Gasteiger partial charge is 0.397 e. The van der Waals surface area contributed by atoms with Crippen molar-refractivity contribution in [1.82, 2.24) is 4.31 Å². The maximum absolute atomic E-state index is 12.1. The molecule has 0 saturated carbocycles. The lowest BCUT2D eigenvalue weighted by Crippen LogP contribution is -2.24. The molecule has 0 aromatic heterocycles. The van der Waals surface area contributed by atoms with E-state index in [0.29, 0.717) is 17.4 Å². The lowest BCUT2D eigenvalue weighted by atomic mass is 10.0. The van der Waals surface area contributed by atoms with Crippen LogP contribution in [0.15, 0.2) is 35.2 Å². The molecule has 0 saturated heterocycles. The molecule has 0 heterocycles. The Morgan fingerprint density at radius 2 is 2.05 bits per heavy atom. The summed E-state index contributed by atoms with van der Waals surface area (Å²) >= 11 is 0. The number of nitrogen functional groups attached to an aromatic ring is 1. The summed E-state index contributed by atoms with van der Waals surface area (Å²) in [5.41, 5.74) is 7.19. The van der Waals surface area contributed by atoms with Gasteiger partial charge in [-0.05, 0) is 37.5 Å². The molecule has 2 rings (SSSR count). The van der Waals surface area contributed by atoms with Crippen molar-refractivity contribution in [2.24, 2.45) is 0 Å². The summed E-state index contributed by atoms with van der Waals surface area (Å²) in [4.78, 5) is 0.255. The summed E-state index contributed by atoms with van der Waals surface area (Å²) < 4.78 is 25.5. The van der Waals surface area contributed by atoms with Gasteiger partial charge in [0.25, 0.3) is 0 Å². The van der Waals surface area contributed by atoms with Gasteiger partial charge >= 0.3 is 0 Å². The van der Waals surface area contributed by atoms with Gasteiger partial charge in [0.05, 0.1) is 16.3 Å². The van der Waals surface area contributed by atoms with Crippen molar-refractivity contribution in [1.29, 1.82) is 0 Å². The minimum atomic E-state index is -3.43. The average Bonchev–Trinajstić information content (AvgIpc) is 2.42. The minimum absolute atomic E-state index is 0.255. The molecule has 1 atom stereocenters. The highest BCUT2D eigenvalue weighted by molar-refractivity contribution is 7.89. The second-order valence-corrected chi connectivity index (χ2v) is 7.31. The highest BCUT2D eigenvalue weighted by Gasteiger charge is 2.19. The predicted molar refractivity (Wildman–Crippen MR) is 82.1 cm³/mol. The Labute approximate surface area is 120 Å². The fourth-order valence-electron chi connectivity index (χ4n) is 2.18. The molecule has 1 aromatic rings. The zero-order valence-electron chi connectivity index (χ0n) is 11.8. The lowest BCUT2D eigenvalue weighted by Gasteiger charge is -2.22. The first-order valence-electron chi connectivity index (χ1n) is 6.65. The summed E-state index contributed by atoms with van der Waals surface area (Å²) in [7, 11) is -0.396. The third-order valence-corrected chi connectivity index (χ3v) is 5.24. The van der Waals surface area contributed by atoms with Crippen LogP contribution in [-0.4, -0.2) is 32.9 Å². The van der Waals surface area contributed by atoms with Gasteiger partial charge in [-0.2, -0.15) is 0 Å². The van der Waals surface area contributed by atoms with Crippen LogP contribution in [0, 0.1) is 0 Å². The molecule has 1 aromatic carbocycles. The molecular formula is C14H21N3O2S. The Morgan fingerprint density at radius 3 is 2.65 bits per heavy atom. The van der Waals surface area contributed by atoms with Gasteiger partial charge < -0.3 is 11.1 Å². The van der Waals surface area contributed by atoms with Gasteiger partial charge in [0, 0.05) is 20.1 Å². The van der Waals surface area contributed by atoms with E-state index >= 15 is 0 Å². The van der Waals surface area contributed by atoms with Crippen molar-refractivity contribution in [2.45, 2.75) is 30.2 Å². The maximum atomic E-state index is 12.1. The second-order valence-electron chi connectivity index (χ2n) is 5.16. The molecule has 1 unspecified atom stereocenters. The van der Waals surface area contributed by atoms with Gasteiger partial charge in [0.1, 0.15) is 0 Å². The SMILES string of the molecule is CN(C)S(=O)(=O)c1ccc(N)c(NC2CC=CCC2)c1. The number of hydrogen-bond donors (Lipinski definition) is 2. The Bertz CT molecular complexity index is 609. The molecule has 6 heteroatoms. The van der Waals surface area contributed by atoms with Gasteiger partial charge in [0.15, 0.2) is 0 Å². The molecule has 3 N–H and O–H groups in total. The Kier molecular flexibility index (Phi) is 4.35. The number of rotatable bonds is 4. The van der Waals surface area contributed by atoms with E-state index in [1.165, 1.54) is 24.5 Å². The standard InChI is InChI=1S/C14H21N3O2S/c1-17(2)20(18,19)12-8-9-13(15)14(10-12)16-11-6-4-3-5-7-11/h3-4,8-11,16H,5-7,15H2,1-2H3. The molecule has 110 valence electrons. The van der Waals surface area contributed by atoms with Gasteiger partial charge in [-0.25, -0.2) is 12.7 Å². The van der Waals surface area contributed by atoms with Gasteiger partial charge in [0.2, 0.25) is 10.0 Å². The van der Waals surface area contributed by atoms with Crippen molar-refractivity contribution in [3.63, 3.8) is 0 Å². The number of anilines is 2. The fraction of sp³-hybridized carbons (Fsp3) is 0.429. The van der Waals surface area contributed by atoms with Crippen LogP contribution in [0.3, 0.4) is 0 Å². The highest BCUT2D eigenvalue weighted by atomic mass is 32.2. The first-order chi connectivity index (χ1) is 9.41. The third kappa shape index (κ3) is 3.13. The highest BCUT2D eigenvalue weighted by Crippen LogP contribution is 2.26. The Hall–Kier alpha value is -1.53. The molecule has 0 spiro atoms. The fourth-order valence-corrected chi connectivity index (χ4v) is 3.10. The van der Waals surface area contributed by atoms with Crippen molar-refractivity contribution >= 4 is 21.4 Å². The van der Waals surface area contributed by atoms with Crippen LogP contribution in [0.4, 0.5) is 11.4 Å². The van der Waals surface area contributed by atoms with Gasteiger partial charge in [-0.15, -0.1) is 0 Å². The van der Waals surface area contributed by atoms with E-state index in [4.69, 9.17) is 5.73 Å².